The third-order valence-electron chi connectivity index (χ3n) is 3.17. The number of hydrogen-bond acceptors (Lipinski definition) is 4. The Balaban J connectivity index is 1.70. The summed E-state index contributed by atoms with van der Waals surface area (Å²) in [5, 5.41) is 0. The number of benzene rings is 1. The van der Waals surface area contributed by atoms with Crippen molar-refractivity contribution in [3.05, 3.63) is 61.2 Å². The average molecular weight is 280 g/mol. The van der Waals surface area contributed by atoms with Gasteiger partial charge in [-0.25, -0.2) is 9.97 Å². The summed E-state index contributed by atoms with van der Waals surface area (Å²) in [6.07, 6.45) is 5.24. The molecule has 0 aliphatic carbocycles. The first-order chi connectivity index (χ1) is 10.3. The molecular weight excluding hydrogens is 264 g/mol. The highest BCUT2D eigenvalue weighted by molar-refractivity contribution is 5.70. The van der Waals surface area contributed by atoms with Crippen LogP contribution in [0.25, 0.3) is 11.3 Å². The Kier molecular flexibility index (Phi) is 3.82. The molecule has 106 valence electrons. The number of nitrogens with zero attached hydrogens (tertiary/aromatic N) is 3. The van der Waals surface area contributed by atoms with Gasteiger partial charge in [-0.2, -0.15) is 0 Å². The number of rotatable bonds is 5. The first-order valence-electron chi connectivity index (χ1n) is 6.73. The zero-order valence-corrected chi connectivity index (χ0v) is 11.5. The van der Waals surface area contributed by atoms with Crippen molar-refractivity contribution in [3.63, 3.8) is 0 Å². The van der Waals surface area contributed by atoms with Crippen LogP contribution in [-0.4, -0.2) is 21.1 Å². The topological polar surface area (TPSA) is 66.0 Å². The standard InChI is InChI=1S/C16H16N4O/c17-16-14(7-4-8-19-16)15-11-18-12-20(15)9-10-21-13-5-2-1-3-6-13/h1-8,11-12H,9-10H2,(H2,17,19). The number of nitrogen functional groups attached to an aromatic ring is 1. The SMILES string of the molecule is Nc1ncccc1-c1cncn1CCOc1ccccc1. The second-order valence-corrected chi connectivity index (χ2v) is 4.57. The van der Waals surface area contributed by atoms with Gasteiger partial charge in [-0.1, -0.05) is 18.2 Å². The molecule has 0 spiro atoms. The summed E-state index contributed by atoms with van der Waals surface area (Å²) in [6, 6.07) is 13.5. The zero-order chi connectivity index (χ0) is 14.5. The molecular formula is C16H16N4O. The van der Waals surface area contributed by atoms with Gasteiger partial charge in [0.15, 0.2) is 0 Å². The molecule has 0 amide bonds. The molecule has 0 aliphatic rings. The Morgan fingerprint density at radius 1 is 1.10 bits per heavy atom. The van der Waals surface area contributed by atoms with Crippen molar-refractivity contribution in [2.45, 2.75) is 6.54 Å². The van der Waals surface area contributed by atoms with E-state index in [0.29, 0.717) is 19.0 Å². The second-order valence-electron chi connectivity index (χ2n) is 4.57. The number of anilines is 1. The lowest BCUT2D eigenvalue weighted by atomic mass is 10.2. The van der Waals surface area contributed by atoms with Crippen molar-refractivity contribution in [1.29, 1.82) is 0 Å². The molecule has 5 nitrogen and oxygen atoms in total. The van der Waals surface area contributed by atoms with Gasteiger partial charge in [-0.05, 0) is 24.3 Å². The molecule has 1 aromatic carbocycles. The van der Waals surface area contributed by atoms with E-state index in [1.807, 2.05) is 47.0 Å². The molecule has 2 heterocycles. The average Bonchev–Trinajstić information content (AvgIpc) is 2.97. The van der Waals surface area contributed by atoms with Gasteiger partial charge in [0.2, 0.25) is 0 Å². The highest BCUT2D eigenvalue weighted by Gasteiger charge is 2.08. The summed E-state index contributed by atoms with van der Waals surface area (Å²) in [5.74, 6) is 1.36. The Morgan fingerprint density at radius 3 is 2.76 bits per heavy atom. The van der Waals surface area contributed by atoms with Gasteiger partial charge in [-0.3, -0.25) is 0 Å². The number of nitrogens with two attached hydrogens (primary N) is 1. The van der Waals surface area contributed by atoms with Crippen LogP contribution in [0, 0.1) is 0 Å². The monoisotopic (exact) mass is 280 g/mol. The van der Waals surface area contributed by atoms with Crippen LogP contribution in [0.15, 0.2) is 61.2 Å². The minimum absolute atomic E-state index is 0.503. The second kappa shape index (κ2) is 6.09. The molecule has 3 aromatic rings. The summed E-state index contributed by atoms with van der Waals surface area (Å²) < 4.78 is 7.72. The zero-order valence-electron chi connectivity index (χ0n) is 11.5. The van der Waals surface area contributed by atoms with Crippen molar-refractivity contribution < 1.29 is 4.74 Å². The van der Waals surface area contributed by atoms with Gasteiger partial charge < -0.3 is 15.0 Å². The summed E-state index contributed by atoms with van der Waals surface area (Å²) >= 11 is 0. The molecule has 21 heavy (non-hydrogen) atoms. The van der Waals surface area contributed by atoms with Crippen LogP contribution < -0.4 is 10.5 Å². The van der Waals surface area contributed by atoms with Crippen molar-refractivity contribution in [2.75, 3.05) is 12.3 Å². The maximum atomic E-state index is 5.92. The number of para-hydroxylation sites is 1. The molecule has 0 saturated heterocycles. The lowest BCUT2D eigenvalue weighted by molar-refractivity contribution is 0.299. The summed E-state index contributed by atoms with van der Waals surface area (Å²) in [6.45, 7) is 1.26. The van der Waals surface area contributed by atoms with E-state index in [4.69, 9.17) is 10.5 Å². The quantitative estimate of drug-likeness (QED) is 0.780. The van der Waals surface area contributed by atoms with Crippen molar-refractivity contribution >= 4 is 5.82 Å². The van der Waals surface area contributed by atoms with Gasteiger partial charge in [0.25, 0.3) is 0 Å². The van der Waals surface area contributed by atoms with Crippen LogP contribution in [0.2, 0.25) is 0 Å². The van der Waals surface area contributed by atoms with E-state index in [1.54, 1.807) is 18.7 Å². The maximum Gasteiger partial charge on any atom is 0.132 e. The first-order valence-corrected chi connectivity index (χ1v) is 6.73. The van der Waals surface area contributed by atoms with Gasteiger partial charge in [0.05, 0.1) is 24.8 Å². The fraction of sp³-hybridized carbons (Fsp3) is 0.125. The van der Waals surface area contributed by atoms with E-state index in [9.17, 15) is 0 Å². The number of imidazole rings is 1. The highest BCUT2D eigenvalue weighted by Crippen LogP contribution is 2.23. The maximum absolute atomic E-state index is 5.92. The van der Waals surface area contributed by atoms with E-state index >= 15 is 0 Å². The number of ether oxygens (including phenoxy) is 1. The lowest BCUT2D eigenvalue weighted by Gasteiger charge is -2.10. The molecule has 0 saturated carbocycles. The normalized spacial score (nSPS) is 10.5. The van der Waals surface area contributed by atoms with Crippen LogP contribution in [0.3, 0.4) is 0 Å². The molecule has 0 unspecified atom stereocenters. The van der Waals surface area contributed by atoms with E-state index in [0.717, 1.165) is 17.0 Å². The molecule has 2 N–H and O–H groups in total. The predicted molar refractivity (Wildman–Crippen MR) is 81.8 cm³/mol. The molecule has 0 atom stereocenters. The molecule has 2 aromatic heterocycles. The van der Waals surface area contributed by atoms with Gasteiger partial charge >= 0.3 is 0 Å². The first kappa shape index (κ1) is 13.2. The summed E-state index contributed by atoms with van der Waals surface area (Å²) in [7, 11) is 0. The van der Waals surface area contributed by atoms with E-state index in [1.165, 1.54) is 0 Å². The summed E-state index contributed by atoms with van der Waals surface area (Å²) in [4.78, 5) is 8.30. The molecule has 0 aliphatic heterocycles. The molecule has 0 bridgehead atoms. The lowest BCUT2D eigenvalue weighted by Crippen LogP contribution is -2.09. The Hall–Kier alpha value is -2.82. The Labute approximate surface area is 123 Å². The minimum atomic E-state index is 0.503. The minimum Gasteiger partial charge on any atom is -0.492 e. The Bertz CT molecular complexity index is 709. The van der Waals surface area contributed by atoms with Crippen LogP contribution >= 0.6 is 0 Å². The van der Waals surface area contributed by atoms with Gasteiger partial charge in [0, 0.05) is 11.8 Å². The molecule has 0 radical (unpaired) electrons. The third kappa shape index (κ3) is 3.02. The van der Waals surface area contributed by atoms with Crippen LogP contribution in [0.5, 0.6) is 5.75 Å². The van der Waals surface area contributed by atoms with Crippen LogP contribution in [0.1, 0.15) is 0 Å². The van der Waals surface area contributed by atoms with Gasteiger partial charge in [0.1, 0.15) is 18.2 Å². The number of aromatic nitrogens is 3. The predicted octanol–water partition coefficient (Wildman–Crippen LogP) is 2.61. The fourth-order valence-corrected chi connectivity index (χ4v) is 2.14. The molecule has 5 heteroatoms. The molecule has 0 fully saturated rings. The number of hydrogen-bond donors (Lipinski definition) is 1. The van der Waals surface area contributed by atoms with E-state index in [-0.39, 0.29) is 0 Å². The van der Waals surface area contributed by atoms with Crippen LogP contribution in [-0.2, 0) is 6.54 Å². The van der Waals surface area contributed by atoms with Crippen molar-refractivity contribution in [2.24, 2.45) is 0 Å². The smallest absolute Gasteiger partial charge is 0.132 e. The highest BCUT2D eigenvalue weighted by atomic mass is 16.5. The third-order valence-corrected chi connectivity index (χ3v) is 3.17. The summed E-state index contributed by atoms with van der Waals surface area (Å²) in [5.41, 5.74) is 7.74. The fourth-order valence-electron chi connectivity index (χ4n) is 2.14. The van der Waals surface area contributed by atoms with E-state index < -0.39 is 0 Å². The largest absolute Gasteiger partial charge is 0.492 e. The number of pyridine rings is 1. The van der Waals surface area contributed by atoms with Crippen molar-refractivity contribution in [3.8, 4) is 17.0 Å². The van der Waals surface area contributed by atoms with Gasteiger partial charge in [-0.15, -0.1) is 0 Å². The van der Waals surface area contributed by atoms with Crippen LogP contribution in [0.4, 0.5) is 5.82 Å². The van der Waals surface area contributed by atoms with E-state index in [2.05, 4.69) is 9.97 Å². The Morgan fingerprint density at radius 2 is 1.95 bits per heavy atom. The molecule has 3 rings (SSSR count). The van der Waals surface area contributed by atoms with Crippen molar-refractivity contribution in [1.82, 2.24) is 14.5 Å².